The summed E-state index contributed by atoms with van der Waals surface area (Å²) in [6.07, 6.45) is 0.615. The second kappa shape index (κ2) is 7.89. The molecule has 134 valence electrons. The highest BCUT2D eigenvalue weighted by Crippen LogP contribution is 2.34. The van der Waals surface area contributed by atoms with Crippen LogP contribution < -0.4 is 9.47 Å². The minimum Gasteiger partial charge on any atom is -0.496 e. The van der Waals surface area contributed by atoms with Crippen LogP contribution in [0.3, 0.4) is 0 Å². The molecule has 0 amide bonds. The van der Waals surface area contributed by atoms with Crippen LogP contribution >= 0.6 is 0 Å². The summed E-state index contributed by atoms with van der Waals surface area (Å²) in [5.74, 6) is 1.93. The van der Waals surface area contributed by atoms with Gasteiger partial charge in [-0.1, -0.05) is 36.4 Å². The van der Waals surface area contributed by atoms with Gasteiger partial charge in [0.15, 0.2) is 0 Å². The van der Waals surface area contributed by atoms with Crippen molar-refractivity contribution in [3.05, 3.63) is 59.2 Å². The van der Waals surface area contributed by atoms with E-state index in [0.29, 0.717) is 6.54 Å². The first-order chi connectivity index (χ1) is 12.1. The zero-order valence-corrected chi connectivity index (χ0v) is 15.2. The van der Waals surface area contributed by atoms with Crippen molar-refractivity contribution in [2.24, 2.45) is 0 Å². The van der Waals surface area contributed by atoms with Gasteiger partial charge in [0.1, 0.15) is 11.5 Å². The van der Waals surface area contributed by atoms with Crippen LogP contribution in [0.15, 0.2) is 42.5 Å². The Morgan fingerprint density at radius 3 is 2.48 bits per heavy atom. The molecule has 1 fully saturated rings. The maximum absolute atomic E-state index is 10.6. The lowest BCUT2D eigenvalue weighted by atomic mass is 9.87. The van der Waals surface area contributed by atoms with Gasteiger partial charge in [0, 0.05) is 30.1 Å². The van der Waals surface area contributed by atoms with Crippen LogP contribution in [-0.4, -0.2) is 43.4 Å². The third-order valence-corrected chi connectivity index (χ3v) is 5.15. The third-order valence-electron chi connectivity index (χ3n) is 5.15. The summed E-state index contributed by atoms with van der Waals surface area (Å²) < 4.78 is 11.0. The third kappa shape index (κ3) is 3.80. The number of rotatable bonds is 5. The Balaban J connectivity index is 1.71. The lowest BCUT2D eigenvalue weighted by molar-refractivity contribution is 0.0473. The summed E-state index contributed by atoms with van der Waals surface area (Å²) in [6.45, 7) is 4.42. The number of benzene rings is 2. The smallest absolute Gasteiger partial charge is 0.129 e. The first kappa shape index (κ1) is 17.8. The Bertz CT molecular complexity index is 702. The molecule has 25 heavy (non-hydrogen) atoms. The molecule has 1 heterocycles. The molecule has 1 aliphatic rings. The molecule has 0 aromatic heterocycles. The summed E-state index contributed by atoms with van der Waals surface area (Å²) in [4.78, 5) is 2.30. The Labute approximate surface area is 150 Å². The summed E-state index contributed by atoms with van der Waals surface area (Å²) in [7, 11) is 3.37. The number of ether oxygens (including phenoxy) is 2. The largest absolute Gasteiger partial charge is 0.496 e. The molecule has 0 aliphatic carbocycles. The summed E-state index contributed by atoms with van der Waals surface area (Å²) >= 11 is 0. The Hall–Kier alpha value is -2.04. The van der Waals surface area contributed by atoms with Crippen LogP contribution in [0.25, 0.3) is 0 Å². The van der Waals surface area contributed by atoms with E-state index in [-0.39, 0.29) is 12.0 Å². The van der Waals surface area contributed by atoms with Crippen LogP contribution in [0.2, 0.25) is 0 Å². The van der Waals surface area contributed by atoms with Crippen molar-refractivity contribution in [1.29, 1.82) is 0 Å². The average molecular weight is 341 g/mol. The molecule has 4 heteroatoms. The normalized spacial score (nSPS) is 21.1. The van der Waals surface area contributed by atoms with E-state index >= 15 is 0 Å². The van der Waals surface area contributed by atoms with E-state index in [9.17, 15) is 5.11 Å². The highest BCUT2D eigenvalue weighted by Gasteiger charge is 2.29. The Morgan fingerprint density at radius 1 is 1.08 bits per heavy atom. The van der Waals surface area contributed by atoms with E-state index in [2.05, 4.69) is 23.1 Å². The van der Waals surface area contributed by atoms with Gasteiger partial charge in [0.2, 0.25) is 0 Å². The molecule has 2 aromatic rings. The van der Waals surface area contributed by atoms with E-state index in [1.165, 1.54) is 5.56 Å². The molecule has 0 unspecified atom stereocenters. The monoisotopic (exact) mass is 341 g/mol. The number of hydrogen-bond donors (Lipinski definition) is 1. The molecule has 0 spiro atoms. The molecule has 0 radical (unpaired) electrons. The number of likely N-dealkylation sites (tertiary alicyclic amines) is 1. The molecule has 1 saturated heterocycles. The van der Waals surface area contributed by atoms with Gasteiger partial charge < -0.3 is 14.6 Å². The van der Waals surface area contributed by atoms with Crippen LogP contribution in [0.1, 0.15) is 29.0 Å². The van der Waals surface area contributed by atoms with Gasteiger partial charge in [-0.15, -0.1) is 0 Å². The Kier molecular flexibility index (Phi) is 5.61. The van der Waals surface area contributed by atoms with Gasteiger partial charge in [-0.3, -0.25) is 4.90 Å². The molecule has 3 rings (SSSR count). The van der Waals surface area contributed by atoms with Crippen molar-refractivity contribution < 1.29 is 14.6 Å². The van der Waals surface area contributed by atoms with Gasteiger partial charge in [-0.05, 0) is 31.5 Å². The van der Waals surface area contributed by atoms with E-state index < -0.39 is 0 Å². The maximum Gasteiger partial charge on any atom is 0.129 e. The first-order valence-corrected chi connectivity index (χ1v) is 8.80. The predicted molar refractivity (Wildman–Crippen MR) is 99.4 cm³/mol. The summed E-state index contributed by atoms with van der Waals surface area (Å²) in [6, 6.07) is 14.4. The molecule has 2 atom stereocenters. The first-order valence-electron chi connectivity index (χ1n) is 8.80. The van der Waals surface area contributed by atoms with Crippen molar-refractivity contribution in [3.8, 4) is 11.5 Å². The molecule has 1 N–H and O–H groups in total. The molecule has 2 aromatic carbocycles. The van der Waals surface area contributed by atoms with Crippen LogP contribution in [0.5, 0.6) is 11.5 Å². The van der Waals surface area contributed by atoms with Crippen molar-refractivity contribution in [2.45, 2.75) is 31.9 Å². The zero-order valence-electron chi connectivity index (χ0n) is 15.2. The van der Waals surface area contributed by atoms with Gasteiger partial charge >= 0.3 is 0 Å². The fourth-order valence-electron chi connectivity index (χ4n) is 3.83. The number of β-amino-alcohol motifs (C(OH)–C–C–N with tert-alkyl or cyclic N) is 1. The summed E-state index contributed by atoms with van der Waals surface area (Å²) in [5.41, 5.74) is 3.38. The van der Waals surface area contributed by atoms with E-state index in [4.69, 9.17) is 9.47 Å². The number of nitrogens with zero attached hydrogens (tertiary/aromatic N) is 1. The van der Waals surface area contributed by atoms with Gasteiger partial charge in [-0.2, -0.15) is 0 Å². The molecule has 4 nitrogen and oxygen atoms in total. The van der Waals surface area contributed by atoms with Gasteiger partial charge in [-0.25, -0.2) is 0 Å². The van der Waals surface area contributed by atoms with Gasteiger partial charge in [0.25, 0.3) is 0 Å². The van der Waals surface area contributed by atoms with Crippen molar-refractivity contribution in [3.63, 3.8) is 0 Å². The second-order valence-electron chi connectivity index (χ2n) is 6.69. The lowest BCUT2D eigenvalue weighted by Gasteiger charge is -2.36. The van der Waals surface area contributed by atoms with Gasteiger partial charge in [0.05, 0.1) is 20.3 Å². The minimum absolute atomic E-state index is 0.219. The topological polar surface area (TPSA) is 41.9 Å². The fourth-order valence-corrected chi connectivity index (χ4v) is 3.83. The van der Waals surface area contributed by atoms with Crippen molar-refractivity contribution >= 4 is 0 Å². The average Bonchev–Trinajstić information content (AvgIpc) is 2.63. The molecule has 1 aliphatic heterocycles. The number of hydrogen-bond acceptors (Lipinski definition) is 4. The second-order valence-corrected chi connectivity index (χ2v) is 6.69. The highest BCUT2D eigenvalue weighted by molar-refractivity contribution is 5.49. The van der Waals surface area contributed by atoms with Crippen molar-refractivity contribution in [2.75, 3.05) is 27.3 Å². The van der Waals surface area contributed by atoms with Crippen LogP contribution in [0.4, 0.5) is 0 Å². The number of aliphatic hydroxyl groups excluding tert-OH is 1. The maximum atomic E-state index is 10.6. The molecule has 0 bridgehead atoms. The SMILES string of the molecule is COc1ccc(CN2CC[C@H](c3ccccc3)[C@H](O)C2)c(OC)c1C. The number of piperidine rings is 1. The Morgan fingerprint density at radius 2 is 1.84 bits per heavy atom. The molecule has 0 saturated carbocycles. The minimum atomic E-state index is -0.346. The quantitative estimate of drug-likeness (QED) is 0.905. The van der Waals surface area contributed by atoms with E-state index in [1.54, 1.807) is 14.2 Å². The predicted octanol–water partition coefficient (Wildman–Crippen LogP) is 3.36. The van der Waals surface area contributed by atoms with Crippen LogP contribution in [-0.2, 0) is 6.54 Å². The molecular weight excluding hydrogens is 314 g/mol. The standard InChI is InChI=1S/C21H27NO3/c1-15-20(24-2)10-9-17(21(15)25-3)13-22-12-11-18(19(23)14-22)16-7-5-4-6-8-16/h4-10,18-19,23H,11-14H2,1-3H3/t18-,19-/m1/s1. The summed E-state index contributed by atoms with van der Waals surface area (Å²) in [5, 5.41) is 10.6. The fraction of sp³-hybridized carbons (Fsp3) is 0.429. The zero-order chi connectivity index (χ0) is 17.8. The number of aliphatic hydroxyl groups is 1. The van der Waals surface area contributed by atoms with Crippen LogP contribution in [0, 0.1) is 6.92 Å². The number of methoxy groups -OCH3 is 2. The van der Waals surface area contributed by atoms with E-state index in [0.717, 1.165) is 42.1 Å². The highest BCUT2D eigenvalue weighted by atomic mass is 16.5. The van der Waals surface area contributed by atoms with Crippen molar-refractivity contribution in [1.82, 2.24) is 4.90 Å². The lowest BCUT2D eigenvalue weighted by Crippen LogP contribution is -2.42. The van der Waals surface area contributed by atoms with E-state index in [1.807, 2.05) is 31.2 Å². The molecular formula is C21H27NO3.